The number of benzene rings is 3. The summed E-state index contributed by atoms with van der Waals surface area (Å²) >= 11 is 0. The Morgan fingerprint density at radius 3 is 2.23 bits per heavy atom. The minimum absolute atomic E-state index is 0.284. The van der Waals surface area contributed by atoms with Gasteiger partial charge in [-0.2, -0.15) is 0 Å². The molecule has 154 valence electrons. The van der Waals surface area contributed by atoms with Crippen molar-refractivity contribution in [3.05, 3.63) is 84.4 Å². The second-order valence-electron chi connectivity index (χ2n) is 6.79. The SMILES string of the molecule is Cc1cccc(NC(=O)[C@H](C)OC(=O)COc2ccc(Nc3ccccc3)cc2)c1. The van der Waals surface area contributed by atoms with Crippen LogP contribution in [0.2, 0.25) is 0 Å². The van der Waals surface area contributed by atoms with E-state index in [0.29, 0.717) is 11.4 Å². The van der Waals surface area contributed by atoms with E-state index in [4.69, 9.17) is 9.47 Å². The zero-order valence-electron chi connectivity index (χ0n) is 16.9. The second-order valence-corrected chi connectivity index (χ2v) is 6.79. The van der Waals surface area contributed by atoms with E-state index in [1.165, 1.54) is 6.92 Å². The maximum Gasteiger partial charge on any atom is 0.344 e. The van der Waals surface area contributed by atoms with Gasteiger partial charge < -0.3 is 20.1 Å². The fourth-order valence-corrected chi connectivity index (χ4v) is 2.72. The van der Waals surface area contributed by atoms with Crippen LogP contribution in [0.15, 0.2) is 78.9 Å². The largest absolute Gasteiger partial charge is 0.482 e. The number of amides is 1. The Morgan fingerprint density at radius 2 is 1.53 bits per heavy atom. The number of para-hydroxylation sites is 1. The summed E-state index contributed by atoms with van der Waals surface area (Å²) < 4.78 is 10.6. The molecule has 0 unspecified atom stereocenters. The first-order valence-electron chi connectivity index (χ1n) is 9.61. The predicted molar refractivity (Wildman–Crippen MR) is 117 cm³/mol. The van der Waals surface area contributed by atoms with Crippen molar-refractivity contribution in [3.63, 3.8) is 0 Å². The smallest absolute Gasteiger partial charge is 0.344 e. The molecule has 2 N–H and O–H groups in total. The predicted octanol–water partition coefficient (Wildman–Crippen LogP) is 4.69. The number of ether oxygens (including phenoxy) is 2. The molecule has 0 saturated carbocycles. The molecule has 0 bridgehead atoms. The summed E-state index contributed by atoms with van der Waals surface area (Å²) in [6.45, 7) is 3.17. The van der Waals surface area contributed by atoms with E-state index in [2.05, 4.69) is 10.6 Å². The Balaban J connectivity index is 1.44. The summed E-state index contributed by atoms with van der Waals surface area (Å²) in [5, 5.41) is 5.99. The number of anilines is 3. The molecule has 3 rings (SSSR count). The van der Waals surface area contributed by atoms with E-state index in [1.54, 1.807) is 18.2 Å². The highest BCUT2D eigenvalue weighted by Crippen LogP contribution is 2.20. The topological polar surface area (TPSA) is 76.7 Å². The molecule has 0 spiro atoms. The van der Waals surface area contributed by atoms with E-state index >= 15 is 0 Å². The molecule has 1 amide bonds. The Morgan fingerprint density at radius 1 is 0.867 bits per heavy atom. The minimum atomic E-state index is -0.931. The Labute approximate surface area is 175 Å². The summed E-state index contributed by atoms with van der Waals surface area (Å²) in [6, 6.07) is 24.4. The van der Waals surface area contributed by atoms with Crippen molar-refractivity contribution >= 4 is 28.9 Å². The molecule has 0 saturated heterocycles. The lowest BCUT2D eigenvalue weighted by Crippen LogP contribution is -2.31. The van der Waals surface area contributed by atoms with Crippen molar-refractivity contribution in [1.29, 1.82) is 0 Å². The van der Waals surface area contributed by atoms with E-state index < -0.39 is 18.0 Å². The number of aryl methyl sites for hydroxylation is 1. The van der Waals surface area contributed by atoms with Crippen LogP contribution >= 0.6 is 0 Å². The number of rotatable bonds is 8. The van der Waals surface area contributed by atoms with Gasteiger partial charge in [-0.25, -0.2) is 4.79 Å². The molecule has 0 aromatic heterocycles. The van der Waals surface area contributed by atoms with Gasteiger partial charge in [0.1, 0.15) is 5.75 Å². The molecule has 0 aliphatic heterocycles. The number of hydrogen-bond acceptors (Lipinski definition) is 5. The lowest BCUT2D eigenvalue weighted by atomic mass is 10.2. The highest BCUT2D eigenvalue weighted by Gasteiger charge is 2.18. The van der Waals surface area contributed by atoms with Gasteiger partial charge in [0, 0.05) is 17.1 Å². The third-order valence-corrected chi connectivity index (χ3v) is 4.24. The van der Waals surface area contributed by atoms with Crippen LogP contribution in [0.1, 0.15) is 12.5 Å². The molecule has 30 heavy (non-hydrogen) atoms. The zero-order valence-corrected chi connectivity index (χ0v) is 16.9. The number of carbonyl (C=O) groups is 2. The van der Waals surface area contributed by atoms with Crippen LogP contribution in [0.4, 0.5) is 17.1 Å². The van der Waals surface area contributed by atoms with Gasteiger partial charge in [-0.15, -0.1) is 0 Å². The van der Waals surface area contributed by atoms with Gasteiger partial charge in [-0.3, -0.25) is 4.79 Å². The summed E-state index contributed by atoms with van der Waals surface area (Å²) in [5.41, 5.74) is 3.56. The standard InChI is InChI=1S/C24H24N2O4/c1-17-7-6-10-21(15-17)26-24(28)18(2)30-23(27)16-29-22-13-11-20(12-14-22)25-19-8-4-3-5-9-19/h3-15,18,25H,16H2,1-2H3,(H,26,28)/t18-/m0/s1. The van der Waals surface area contributed by atoms with Gasteiger partial charge in [0.15, 0.2) is 12.7 Å². The quantitative estimate of drug-likeness (QED) is 0.533. The summed E-state index contributed by atoms with van der Waals surface area (Å²) in [7, 11) is 0. The first kappa shape index (κ1) is 20.9. The third kappa shape index (κ3) is 6.38. The molecule has 0 radical (unpaired) electrons. The molecule has 3 aromatic carbocycles. The highest BCUT2D eigenvalue weighted by molar-refractivity contribution is 5.95. The van der Waals surface area contributed by atoms with E-state index in [-0.39, 0.29) is 6.61 Å². The van der Waals surface area contributed by atoms with Crippen molar-refractivity contribution in [2.75, 3.05) is 17.2 Å². The number of carbonyl (C=O) groups excluding carboxylic acids is 2. The van der Waals surface area contributed by atoms with Gasteiger partial charge in [-0.1, -0.05) is 30.3 Å². The van der Waals surface area contributed by atoms with E-state index in [0.717, 1.165) is 16.9 Å². The van der Waals surface area contributed by atoms with Crippen LogP contribution in [-0.2, 0) is 14.3 Å². The van der Waals surface area contributed by atoms with Gasteiger partial charge >= 0.3 is 5.97 Å². The summed E-state index contributed by atoms with van der Waals surface area (Å²) in [5.74, 6) is -0.485. The van der Waals surface area contributed by atoms with Crippen LogP contribution in [0.5, 0.6) is 5.75 Å². The lowest BCUT2D eigenvalue weighted by Gasteiger charge is -2.14. The molecule has 3 aromatic rings. The molecular weight excluding hydrogens is 380 g/mol. The van der Waals surface area contributed by atoms with E-state index in [1.807, 2.05) is 67.6 Å². The lowest BCUT2D eigenvalue weighted by molar-refractivity contribution is -0.155. The van der Waals surface area contributed by atoms with E-state index in [9.17, 15) is 9.59 Å². The van der Waals surface area contributed by atoms with Gasteiger partial charge in [0.05, 0.1) is 0 Å². The molecule has 6 heteroatoms. The summed E-state index contributed by atoms with van der Waals surface area (Å²) in [4.78, 5) is 24.2. The van der Waals surface area contributed by atoms with Crippen molar-refractivity contribution in [1.82, 2.24) is 0 Å². The van der Waals surface area contributed by atoms with Crippen molar-refractivity contribution in [2.45, 2.75) is 20.0 Å². The van der Waals surface area contributed by atoms with Gasteiger partial charge in [-0.05, 0) is 67.9 Å². The van der Waals surface area contributed by atoms with Crippen molar-refractivity contribution in [2.24, 2.45) is 0 Å². The fourth-order valence-electron chi connectivity index (χ4n) is 2.72. The normalized spacial score (nSPS) is 11.3. The molecule has 0 fully saturated rings. The maximum atomic E-state index is 12.2. The second kappa shape index (κ2) is 10.1. The molecule has 6 nitrogen and oxygen atoms in total. The van der Waals surface area contributed by atoms with Crippen LogP contribution in [0.25, 0.3) is 0 Å². The minimum Gasteiger partial charge on any atom is -0.482 e. The number of hydrogen-bond donors (Lipinski definition) is 2. The third-order valence-electron chi connectivity index (χ3n) is 4.24. The van der Waals surface area contributed by atoms with Gasteiger partial charge in [0.25, 0.3) is 5.91 Å². The molecule has 0 aliphatic rings. The maximum absolute atomic E-state index is 12.2. The first-order valence-corrected chi connectivity index (χ1v) is 9.61. The van der Waals surface area contributed by atoms with Gasteiger partial charge in [0.2, 0.25) is 0 Å². The summed E-state index contributed by atoms with van der Waals surface area (Å²) in [6.07, 6.45) is -0.931. The molecule has 1 atom stereocenters. The number of nitrogens with one attached hydrogen (secondary N) is 2. The van der Waals surface area contributed by atoms with Crippen molar-refractivity contribution in [3.8, 4) is 5.75 Å². The monoisotopic (exact) mass is 404 g/mol. The first-order chi connectivity index (χ1) is 14.5. The fraction of sp³-hybridized carbons (Fsp3) is 0.167. The highest BCUT2D eigenvalue weighted by atomic mass is 16.6. The van der Waals surface area contributed by atoms with Crippen LogP contribution in [0, 0.1) is 6.92 Å². The molecular formula is C24H24N2O4. The Hall–Kier alpha value is -3.80. The van der Waals surface area contributed by atoms with Crippen LogP contribution < -0.4 is 15.4 Å². The average molecular weight is 404 g/mol. The zero-order chi connectivity index (χ0) is 21.3. The van der Waals surface area contributed by atoms with Crippen LogP contribution in [0.3, 0.4) is 0 Å². The average Bonchev–Trinajstić information content (AvgIpc) is 2.74. The number of esters is 1. The van der Waals surface area contributed by atoms with Crippen molar-refractivity contribution < 1.29 is 19.1 Å². The molecule has 0 aliphatic carbocycles. The van der Waals surface area contributed by atoms with Crippen LogP contribution in [-0.4, -0.2) is 24.6 Å². The Bertz CT molecular complexity index is 988. The molecule has 0 heterocycles. The Kier molecular flexibility index (Phi) is 7.05.